The summed E-state index contributed by atoms with van der Waals surface area (Å²) in [5, 5.41) is 2.72. The van der Waals surface area contributed by atoms with Crippen molar-refractivity contribution in [2.45, 2.75) is 6.92 Å². The highest BCUT2D eigenvalue weighted by Crippen LogP contribution is 2.17. The van der Waals surface area contributed by atoms with Crippen LogP contribution in [0, 0.1) is 6.92 Å². The number of pyridine rings is 1. The van der Waals surface area contributed by atoms with Crippen LogP contribution in [0.1, 0.15) is 5.56 Å². The molecule has 5 nitrogen and oxygen atoms in total. The predicted molar refractivity (Wildman–Crippen MR) is 81.7 cm³/mol. The highest BCUT2D eigenvalue weighted by Gasteiger charge is 2.05. The Morgan fingerprint density at radius 2 is 2.10 bits per heavy atom. The molecule has 0 aliphatic heterocycles. The minimum absolute atomic E-state index is 0.0704. The number of amides is 1. The SMILES string of the molecule is Cc1cc(NC(=O)COc2ccc(N)cc2)cnc1Br. The first kappa shape index (κ1) is 14.3. The van der Waals surface area contributed by atoms with E-state index in [1.165, 1.54) is 0 Å². The third-order valence-corrected chi connectivity index (χ3v) is 3.38. The predicted octanol–water partition coefficient (Wildman–Crippen LogP) is 2.75. The zero-order valence-corrected chi connectivity index (χ0v) is 12.5. The average Bonchev–Trinajstić information content (AvgIpc) is 2.42. The van der Waals surface area contributed by atoms with Gasteiger partial charge in [0.25, 0.3) is 5.91 Å². The second-order valence-corrected chi connectivity index (χ2v) is 4.99. The van der Waals surface area contributed by atoms with Crippen molar-refractivity contribution in [3.63, 3.8) is 0 Å². The molecule has 3 N–H and O–H groups in total. The monoisotopic (exact) mass is 335 g/mol. The van der Waals surface area contributed by atoms with E-state index in [-0.39, 0.29) is 12.5 Å². The number of nitrogen functional groups attached to an aromatic ring is 1. The van der Waals surface area contributed by atoms with Gasteiger partial charge in [0.15, 0.2) is 6.61 Å². The number of rotatable bonds is 4. The van der Waals surface area contributed by atoms with E-state index in [1.54, 1.807) is 30.5 Å². The van der Waals surface area contributed by atoms with E-state index in [1.807, 2.05) is 13.0 Å². The van der Waals surface area contributed by atoms with Gasteiger partial charge in [-0.05, 0) is 58.7 Å². The van der Waals surface area contributed by atoms with Crippen LogP contribution in [0.2, 0.25) is 0 Å². The van der Waals surface area contributed by atoms with Gasteiger partial charge >= 0.3 is 0 Å². The van der Waals surface area contributed by atoms with Gasteiger partial charge in [-0.3, -0.25) is 4.79 Å². The van der Waals surface area contributed by atoms with Crippen molar-refractivity contribution in [1.82, 2.24) is 4.98 Å². The van der Waals surface area contributed by atoms with Crippen LogP contribution < -0.4 is 15.8 Å². The number of aromatic nitrogens is 1. The van der Waals surface area contributed by atoms with Crippen LogP contribution in [0.25, 0.3) is 0 Å². The van der Waals surface area contributed by atoms with E-state index in [0.29, 0.717) is 17.1 Å². The van der Waals surface area contributed by atoms with Gasteiger partial charge in [0, 0.05) is 5.69 Å². The van der Waals surface area contributed by atoms with Crippen molar-refractivity contribution in [3.05, 3.63) is 46.7 Å². The van der Waals surface area contributed by atoms with Crippen LogP contribution in [0.15, 0.2) is 41.1 Å². The summed E-state index contributed by atoms with van der Waals surface area (Å²) in [6.45, 7) is 1.83. The molecule has 1 heterocycles. The maximum atomic E-state index is 11.7. The van der Waals surface area contributed by atoms with Crippen molar-refractivity contribution in [3.8, 4) is 5.75 Å². The summed E-state index contributed by atoms with van der Waals surface area (Å²) in [5.74, 6) is 0.352. The zero-order valence-electron chi connectivity index (χ0n) is 10.9. The molecule has 20 heavy (non-hydrogen) atoms. The molecule has 0 saturated heterocycles. The van der Waals surface area contributed by atoms with Crippen molar-refractivity contribution < 1.29 is 9.53 Å². The first-order valence-electron chi connectivity index (χ1n) is 5.95. The van der Waals surface area contributed by atoms with Gasteiger partial charge in [-0.25, -0.2) is 4.98 Å². The topological polar surface area (TPSA) is 77.2 Å². The number of nitrogens with zero attached hydrogens (tertiary/aromatic N) is 1. The molecular weight excluding hydrogens is 322 g/mol. The molecule has 0 aliphatic rings. The molecule has 0 radical (unpaired) electrons. The van der Waals surface area contributed by atoms with Gasteiger partial charge in [0.2, 0.25) is 0 Å². The molecule has 104 valence electrons. The number of hydrogen-bond donors (Lipinski definition) is 2. The van der Waals surface area contributed by atoms with Crippen LogP contribution in [0.4, 0.5) is 11.4 Å². The summed E-state index contributed by atoms with van der Waals surface area (Å²) < 4.78 is 6.11. The number of anilines is 2. The summed E-state index contributed by atoms with van der Waals surface area (Å²) in [6, 6.07) is 8.70. The van der Waals surface area contributed by atoms with E-state index in [0.717, 1.165) is 10.2 Å². The molecule has 0 unspecified atom stereocenters. The quantitative estimate of drug-likeness (QED) is 0.665. The number of nitrogens with two attached hydrogens (primary N) is 1. The molecule has 2 rings (SSSR count). The number of benzene rings is 1. The third kappa shape index (κ3) is 3.96. The Balaban J connectivity index is 1.89. The van der Waals surface area contributed by atoms with Crippen LogP contribution >= 0.6 is 15.9 Å². The Morgan fingerprint density at radius 1 is 1.40 bits per heavy atom. The van der Waals surface area contributed by atoms with Crippen LogP contribution in [-0.4, -0.2) is 17.5 Å². The number of aryl methyl sites for hydroxylation is 1. The number of ether oxygens (including phenoxy) is 1. The van der Waals surface area contributed by atoms with E-state index < -0.39 is 0 Å². The minimum Gasteiger partial charge on any atom is -0.484 e. The second kappa shape index (κ2) is 6.38. The molecule has 1 amide bonds. The number of nitrogens with one attached hydrogen (secondary N) is 1. The lowest BCUT2D eigenvalue weighted by Gasteiger charge is -2.08. The van der Waals surface area contributed by atoms with Crippen molar-refractivity contribution in [2.24, 2.45) is 0 Å². The van der Waals surface area contributed by atoms with Gasteiger partial charge in [-0.15, -0.1) is 0 Å². The summed E-state index contributed by atoms with van der Waals surface area (Å²) in [6.07, 6.45) is 1.58. The second-order valence-electron chi connectivity index (χ2n) is 4.24. The zero-order chi connectivity index (χ0) is 14.5. The Labute approximate surface area is 125 Å². The highest BCUT2D eigenvalue weighted by atomic mass is 79.9. The summed E-state index contributed by atoms with van der Waals surface area (Å²) in [7, 11) is 0. The molecule has 6 heteroatoms. The molecule has 1 aromatic carbocycles. The molecule has 0 fully saturated rings. The van der Waals surface area contributed by atoms with Gasteiger partial charge in [-0.2, -0.15) is 0 Å². The van der Waals surface area contributed by atoms with Crippen LogP contribution in [-0.2, 0) is 4.79 Å². The van der Waals surface area contributed by atoms with Crippen molar-refractivity contribution >= 4 is 33.2 Å². The number of halogens is 1. The molecular formula is C14H14BrN3O2. The fourth-order valence-corrected chi connectivity index (χ4v) is 1.75. The largest absolute Gasteiger partial charge is 0.484 e. The first-order valence-corrected chi connectivity index (χ1v) is 6.74. The molecule has 0 aliphatic carbocycles. The molecule has 0 bridgehead atoms. The average molecular weight is 336 g/mol. The van der Waals surface area contributed by atoms with E-state index >= 15 is 0 Å². The Hall–Kier alpha value is -2.08. The van der Waals surface area contributed by atoms with Crippen LogP contribution in [0.3, 0.4) is 0 Å². The highest BCUT2D eigenvalue weighted by molar-refractivity contribution is 9.10. The summed E-state index contributed by atoms with van der Waals surface area (Å²) in [4.78, 5) is 15.9. The summed E-state index contributed by atoms with van der Waals surface area (Å²) >= 11 is 3.30. The maximum Gasteiger partial charge on any atom is 0.262 e. The maximum absolute atomic E-state index is 11.7. The molecule has 0 atom stereocenters. The standard InChI is InChI=1S/C14H14BrN3O2/c1-9-6-11(7-17-14(9)15)18-13(19)8-20-12-4-2-10(16)3-5-12/h2-7H,8,16H2,1H3,(H,18,19). The van der Waals surface area contributed by atoms with Crippen LogP contribution in [0.5, 0.6) is 5.75 Å². The van der Waals surface area contributed by atoms with Crippen molar-refractivity contribution in [1.29, 1.82) is 0 Å². The van der Waals surface area contributed by atoms with Crippen molar-refractivity contribution in [2.75, 3.05) is 17.7 Å². The Bertz CT molecular complexity index is 614. The number of hydrogen-bond acceptors (Lipinski definition) is 4. The van der Waals surface area contributed by atoms with Gasteiger partial charge in [0.1, 0.15) is 10.4 Å². The normalized spacial score (nSPS) is 10.1. The van der Waals surface area contributed by atoms with E-state index in [2.05, 4.69) is 26.2 Å². The third-order valence-electron chi connectivity index (χ3n) is 2.55. The Kier molecular flexibility index (Phi) is 4.57. The smallest absolute Gasteiger partial charge is 0.262 e. The lowest BCUT2D eigenvalue weighted by Crippen LogP contribution is -2.20. The molecule has 0 saturated carbocycles. The fraction of sp³-hybridized carbons (Fsp3) is 0.143. The summed E-state index contributed by atoms with van der Waals surface area (Å²) in [5.41, 5.74) is 7.80. The molecule has 2 aromatic rings. The molecule has 0 spiro atoms. The lowest BCUT2D eigenvalue weighted by molar-refractivity contribution is -0.118. The number of carbonyl (C=O) groups is 1. The fourth-order valence-electron chi connectivity index (χ4n) is 1.54. The van der Waals surface area contributed by atoms with E-state index in [9.17, 15) is 4.79 Å². The van der Waals surface area contributed by atoms with Gasteiger partial charge in [-0.1, -0.05) is 0 Å². The first-order chi connectivity index (χ1) is 9.54. The Morgan fingerprint density at radius 3 is 2.75 bits per heavy atom. The lowest BCUT2D eigenvalue weighted by atomic mass is 10.3. The number of carbonyl (C=O) groups excluding carboxylic acids is 1. The minimum atomic E-state index is -0.245. The van der Waals surface area contributed by atoms with E-state index in [4.69, 9.17) is 10.5 Å². The molecule has 1 aromatic heterocycles. The van der Waals surface area contributed by atoms with Gasteiger partial charge in [0.05, 0.1) is 11.9 Å². The van der Waals surface area contributed by atoms with Gasteiger partial charge < -0.3 is 15.8 Å².